The Morgan fingerprint density at radius 3 is 2.33 bits per heavy atom. The summed E-state index contributed by atoms with van der Waals surface area (Å²) < 4.78 is 32.4. The Balaban J connectivity index is 0.00000289. The highest BCUT2D eigenvalue weighted by Gasteiger charge is 2.12. The van der Waals surface area contributed by atoms with Gasteiger partial charge in [-0.1, -0.05) is 12.1 Å². The average Bonchev–Trinajstić information content (AvgIpc) is 2.28. The first-order valence-corrected chi connectivity index (χ1v) is 4.90. The monoisotopic (exact) mass is 281 g/mol. The van der Waals surface area contributed by atoms with Gasteiger partial charge in [-0.15, -0.1) is 12.4 Å². The number of alkyl halides is 2. The van der Waals surface area contributed by atoms with E-state index in [1.165, 1.54) is 31.4 Å². The number of halogens is 3. The first-order valence-electron chi connectivity index (χ1n) is 4.90. The van der Waals surface area contributed by atoms with Gasteiger partial charge in [0.25, 0.3) is 0 Å². The van der Waals surface area contributed by atoms with Crippen molar-refractivity contribution in [3.63, 3.8) is 0 Å². The van der Waals surface area contributed by atoms with E-state index < -0.39 is 18.6 Å². The smallest absolute Gasteiger partial charge is 0.387 e. The van der Waals surface area contributed by atoms with Gasteiger partial charge in [-0.25, -0.2) is 0 Å². The van der Waals surface area contributed by atoms with Crippen LogP contribution in [0.15, 0.2) is 24.3 Å². The zero-order valence-corrected chi connectivity index (χ0v) is 10.5. The molecule has 0 bridgehead atoms. The lowest BCUT2D eigenvalue weighted by atomic mass is 10.0. The molecular weight excluding hydrogens is 268 g/mol. The number of carbonyl (C=O) groups is 1. The van der Waals surface area contributed by atoms with Crippen LogP contribution in [-0.4, -0.2) is 19.7 Å². The minimum Gasteiger partial charge on any atom is -0.469 e. The lowest BCUT2D eigenvalue weighted by Gasteiger charge is -2.11. The molecule has 0 aliphatic heterocycles. The van der Waals surface area contributed by atoms with E-state index in [-0.39, 0.29) is 24.6 Å². The quantitative estimate of drug-likeness (QED) is 0.841. The number of ether oxygens (including phenoxy) is 2. The highest BCUT2D eigenvalue weighted by Crippen LogP contribution is 2.20. The van der Waals surface area contributed by atoms with E-state index in [1.54, 1.807) is 0 Å². The molecule has 2 N–H and O–H groups in total. The highest BCUT2D eigenvalue weighted by atomic mass is 35.5. The van der Waals surface area contributed by atoms with E-state index in [1.807, 2.05) is 0 Å². The standard InChI is InChI=1S/C11H13F2NO3.ClH/c1-16-10(15)6-9(14)7-2-4-8(5-3-7)17-11(12)13;/h2-5,9,11H,6,14H2,1H3;1H/t9-;/m0./s1. The van der Waals surface area contributed by atoms with E-state index in [0.717, 1.165) is 0 Å². The molecule has 0 radical (unpaired) electrons. The van der Waals surface area contributed by atoms with Gasteiger partial charge in [-0.05, 0) is 17.7 Å². The molecule has 1 rings (SSSR count). The predicted octanol–water partition coefficient (Wildman–Crippen LogP) is 2.27. The van der Waals surface area contributed by atoms with Crippen molar-refractivity contribution in [1.82, 2.24) is 0 Å². The van der Waals surface area contributed by atoms with Crippen molar-refractivity contribution < 1.29 is 23.0 Å². The van der Waals surface area contributed by atoms with Crippen LogP contribution < -0.4 is 10.5 Å². The molecule has 0 saturated carbocycles. The molecule has 0 heterocycles. The molecule has 0 aliphatic rings. The molecule has 0 fully saturated rings. The van der Waals surface area contributed by atoms with Crippen molar-refractivity contribution in [2.24, 2.45) is 5.73 Å². The van der Waals surface area contributed by atoms with E-state index in [4.69, 9.17) is 5.73 Å². The molecule has 0 aromatic heterocycles. The number of nitrogens with two attached hydrogens (primary N) is 1. The average molecular weight is 282 g/mol. The maximum atomic E-state index is 11.9. The Hall–Kier alpha value is -1.40. The van der Waals surface area contributed by atoms with E-state index >= 15 is 0 Å². The van der Waals surface area contributed by atoms with Gasteiger partial charge in [0.15, 0.2) is 0 Å². The van der Waals surface area contributed by atoms with Crippen LogP contribution in [0.2, 0.25) is 0 Å². The second-order valence-corrected chi connectivity index (χ2v) is 3.33. The number of hydrogen-bond acceptors (Lipinski definition) is 4. The second-order valence-electron chi connectivity index (χ2n) is 3.33. The maximum Gasteiger partial charge on any atom is 0.387 e. The maximum absolute atomic E-state index is 11.9. The summed E-state index contributed by atoms with van der Waals surface area (Å²) in [6.45, 7) is -2.86. The molecule has 102 valence electrons. The summed E-state index contributed by atoms with van der Waals surface area (Å²) in [5.74, 6) is -0.376. The van der Waals surface area contributed by atoms with Gasteiger partial charge in [-0.2, -0.15) is 8.78 Å². The zero-order valence-electron chi connectivity index (χ0n) is 9.64. The third-order valence-corrected chi connectivity index (χ3v) is 2.15. The van der Waals surface area contributed by atoms with Crippen molar-refractivity contribution >= 4 is 18.4 Å². The Labute approximate surface area is 109 Å². The lowest BCUT2D eigenvalue weighted by Crippen LogP contribution is -2.16. The van der Waals surface area contributed by atoms with E-state index in [2.05, 4.69) is 9.47 Å². The molecule has 1 aromatic carbocycles. The molecule has 18 heavy (non-hydrogen) atoms. The highest BCUT2D eigenvalue weighted by molar-refractivity contribution is 5.85. The van der Waals surface area contributed by atoms with Crippen LogP contribution in [0.25, 0.3) is 0 Å². The Kier molecular flexibility index (Phi) is 7.23. The van der Waals surface area contributed by atoms with Crippen LogP contribution >= 0.6 is 12.4 Å². The summed E-state index contributed by atoms with van der Waals surface area (Å²) in [7, 11) is 1.27. The first kappa shape index (κ1) is 16.6. The zero-order chi connectivity index (χ0) is 12.8. The Morgan fingerprint density at radius 2 is 1.89 bits per heavy atom. The molecule has 1 atom stereocenters. The number of carbonyl (C=O) groups excluding carboxylic acids is 1. The SMILES string of the molecule is COC(=O)C[C@H](N)c1ccc(OC(F)F)cc1.Cl. The summed E-state index contributed by atoms with van der Waals surface area (Å²) in [5.41, 5.74) is 6.38. The molecule has 0 spiro atoms. The lowest BCUT2D eigenvalue weighted by molar-refractivity contribution is -0.141. The van der Waals surface area contributed by atoms with Crippen molar-refractivity contribution in [2.75, 3.05) is 7.11 Å². The topological polar surface area (TPSA) is 61.5 Å². The van der Waals surface area contributed by atoms with Crippen LogP contribution in [0.4, 0.5) is 8.78 Å². The summed E-state index contributed by atoms with van der Waals surface area (Å²) in [6, 6.07) is 5.29. The Morgan fingerprint density at radius 1 is 1.33 bits per heavy atom. The normalized spacial score (nSPS) is 11.6. The van der Waals surface area contributed by atoms with Crippen LogP contribution in [-0.2, 0) is 9.53 Å². The largest absolute Gasteiger partial charge is 0.469 e. The molecular formula is C11H14ClF2NO3. The molecule has 0 saturated heterocycles. The van der Waals surface area contributed by atoms with Gasteiger partial charge in [0.05, 0.1) is 13.5 Å². The third kappa shape index (κ3) is 5.29. The minimum atomic E-state index is -2.86. The van der Waals surface area contributed by atoms with Gasteiger partial charge >= 0.3 is 12.6 Å². The first-order chi connectivity index (χ1) is 8.02. The van der Waals surface area contributed by atoms with E-state index in [0.29, 0.717) is 5.56 Å². The summed E-state index contributed by atoms with van der Waals surface area (Å²) >= 11 is 0. The van der Waals surface area contributed by atoms with Gasteiger partial charge in [-0.3, -0.25) is 4.79 Å². The number of benzene rings is 1. The number of esters is 1. The fourth-order valence-electron chi connectivity index (χ4n) is 1.28. The van der Waals surface area contributed by atoms with Crippen molar-refractivity contribution in [1.29, 1.82) is 0 Å². The third-order valence-electron chi connectivity index (χ3n) is 2.15. The van der Waals surface area contributed by atoms with Crippen LogP contribution in [0, 0.1) is 0 Å². The number of rotatable bonds is 5. The summed E-state index contributed by atoms with van der Waals surface area (Å²) in [4.78, 5) is 11.0. The van der Waals surface area contributed by atoms with Crippen LogP contribution in [0.3, 0.4) is 0 Å². The Bertz CT molecular complexity index is 373. The molecule has 7 heteroatoms. The van der Waals surface area contributed by atoms with Crippen molar-refractivity contribution in [3.05, 3.63) is 29.8 Å². The van der Waals surface area contributed by atoms with Gasteiger partial charge < -0.3 is 15.2 Å². The van der Waals surface area contributed by atoms with Crippen LogP contribution in [0.1, 0.15) is 18.0 Å². The molecule has 0 unspecified atom stereocenters. The second kappa shape index (κ2) is 7.84. The minimum absolute atomic E-state index is 0. The molecule has 4 nitrogen and oxygen atoms in total. The predicted molar refractivity (Wildman–Crippen MR) is 63.9 cm³/mol. The number of hydrogen-bond donors (Lipinski definition) is 1. The fourth-order valence-corrected chi connectivity index (χ4v) is 1.28. The van der Waals surface area contributed by atoms with Crippen molar-refractivity contribution in [3.8, 4) is 5.75 Å². The number of methoxy groups -OCH3 is 1. The molecule has 0 amide bonds. The molecule has 1 aromatic rings. The summed E-state index contributed by atoms with van der Waals surface area (Å²) in [5, 5.41) is 0. The van der Waals surface area contributed by atoms with Gasteiger partial charge in [0.1, 0.15) is 5.75 Å². The molecule has 0 aliphatic carbocycles. The van der Waals surface area contributed by atoms with Crippen LogP contribution in [0.5, 0.6) is 5.75 Å². The van der Waals surface area contributed by atoms with Gasteiger partial charge in [0, 0.05) is 6.04 Å². The van der Waals surface area contributed by atoms with Crippen molar-refractivity contribution in [2.45, 2.75) is 19.1 Å². The summed E-state index contributed by atoms with van der Waals surface area (Å²) in [6.07, 6.45) is 0.0333. The van der Waals surface area contributed by atoms with Gasteiger partial charge in [0.2, 0.25) is 0 Å². The van der Waals surface area contributed by atoms with E-state index in [9.17, 15) is 13.6 Å². The fraction of sp³-hybridized carbons (Fsp3) is 0.364.